The van der Waals surface area contributed by atoms with E-state index in [1.807, 2.05) is 0 Å². The summed E-state index contributed by atoms with van der Waals surface area (Å²) in [6.45, 7) is 11.4. The lowest BCUT2D eigenvalue weighted by Gasteiger charge is -2.34. The Hall–Kier alpha value is -0.900. The molecule has 0 aliphatic carbocycles. The normalized spacial score (nSPS) is 17.3. The minimum atomic E-state index is 0.281. The molecule has 0 spiro atoms. The van der Waals surface area contributed by atoms with Crippen LogP contribution in [0.5, 0.6) is 0 Å². The third-order valence-corrected chi connectivity index (χ3v) is 5.05. The molecule has 3 heteroatoms. The highest BCUT2D eigenvalue weighted by Crippen LogP contribution is 2.19. The molecular weight excluding hydrogens is 272 g/mol. The van der Waals surface area contributed by atoms with Gasteiger partial charge in [0.15, 0.2) is 0 Å². The number of hydrogen-bond donors (Lipinski definition) is 1. The molecule has 3 nitrogen and oxygen atoms in total. The van der Waals surface area contributed by atoms with E-state index in [0.717, 1.165) is 25.6 Å². The summed E-state index contributed by atoms with van der Waals surface area (Å²) in [5, 5.41) is 9.09. The molecule has 124 valence electrons. The molecule has 2 rings (SSSR count). The predicted octanol–water partition coefficient (Wildman–Crippen LogP) is 2.56. The fraction of sp³-hybridized carbons (Fsp3) is 0.684. The Morgan fingerprint density at radius 2 is 1.95 bits per heavy atom. The van der Waals surface area contributed by atoms with E-state index >= 15 is 0 Å². The summed E-state index contributed by atoms with van der Waals surface area (Å²) in [6, 6.07) is 8.74. The smallest absolute Gasteiger partial charge is 0.0558 e. The second-order valence-electron chi connectivity index (χ2n) is 6.58. The molecule has 1 aliphatic heterocycles. The summed E-state index contributed by atoms with van der Waals surface area (Å²) in [4.78, 5) is 5.00. The van der Waals surface area contributed by atoms with Crippen LogP contribution in [0.15, 0.2) is 24.3 Å². The van der Waals surface area contributed by atoms with Crippen LogP contribution in [0, 0.1) is 12.8 Å². The Kier molecular flexibility index (Phi) is 7.37. The van der Waals surface area contributed by atoms with Gasteiger partial charge >= 0.3 is 0 Å². The van der Waals surface area contributed by atoms with Crippen molar-refractivity contribution in [2.24, 2.45) is 5.92 Å². The fourth-order valence-corrected chi connectivity index (χ4v) is 3.45. The second-order valence-corrected chi connectivity index (χ2v) is 6.58. The van der Waals surface area contributed by atoms with E-state index in [0.29, 0.717) is 0 Å². The average molecular weight is 304 g/mol. The molecule has 0 bridgehead atoms. The highest BCUT2D eigenvalue weighted by Gasteiger charge is 2.20. The van der Waals surface area contributed by atoms with E-state index in [-0.39, 0.29) is 6.61 Å². The number of benzene rings is 1. The third-order valence-electron chi connectivity index (χ3n) is 5.05. The van der Waals surface area contributed by atoms with Gasteiger partial charge in [0.1, 0.15) is 0 Å². The van der Waals surface area contributed by atoms with Crippen molar-refractivity contribution in [1.29, 1.82) is 0 Å². The molecule has 1 aromatic rings. The Balaban J connectivity index is 1.70. The van der Waals surface area contributed by atoms with Gasteiger partial charge in [-0.1, -0.05) is 31.2 Å². The van der Waals surface area contributed by atoms with Crippen molar-refractivity contribution in [2.75, 3.05) is 45.9 Å². The lowest BCUT2D eigenvalue weighted by molar-refractivity contribution is 0.132. The highest BCUT2D eigenvalue weighted by molar-refractivity contribution is 5.25. The summed E-state index contributed by atoms with van der Waals surface area (Å²) in [7, 11) is 0. The summed E-state index contributed by atoms with van der Waals surface area (Å²) in [6.07, 6.45) is 3.77. The molecule has 0 unspecified atom stereocenters. The van der Waals surface area contributed by atoms with Gasteiger partial charge < -0.3 is 14.9 Å². The summed E-state index contributed by atoms with van der Waals surface area (Å²) < 4.78 is 0. The zero-order valence-corrected chi connectivity index (χ0v) is 14.3. The van der Waals surface area contributed by atoms with Crippen LogP contribution < -0.4 is 0 Å². The van der Waals surface area contributed by atoms with Crippen molar-refractivity contribution in [3.8, 4) is 0 Å². The SMILES string of the molecule is CCN(CCO)CC1CCN(CCc2ccccc2C)CC1. The van der Waals surface area contributed by atoms with Gasteiger partial charge in [-0.3, -0.25) is 0 Å². The molecule has 22 heavy (non-hydrogen) atoms. The van der Waals surface area contributed by atoms with Gasteiger partial charge in [0.05, 0.1) is 6.61 Å². The molecule has 0 aromatic heterocycles. The first kappa shape index (κ1) is 17.5. The van der Waals surface area contributed by atoms with Gasteiger partial charge in [0.25, 0.3) is 0 Å². The number of likely N-dealkylation sites (N-methyl/N-ethyl adjacent to an activating group) is 1. The van der Waals surface area contributed by atoms with E-state index in [1.165, 1.54) is 50.0 Å². The van der Waals surface area contributed by atoms with Crippen molar-refractivity contribution >= 4 is 0 Å². The topological polar surface area (TPSA) is 26.7 Å². The lowest BCUT2D eigenvalue weighted by Crippen LogP contribution is -2.40. The Morgan fingerprint density at radius 3 is 2.59 bits per heavy atom. The number of aryl methyl sites for hydroxylation is 1. The van der Waals surface area contributed by atoms with Crippen molar-refractivity contribution in [1.82, 2.24) is 9.80 Å². The largest absolute Gasteiger partial charge is 0.395 e. The number of likely N-dealkylation sites (tertiary alicyclic amines) is 1. The van der Waals surface area contributed by atoms with Crippen molar-refractivity contribution in [3.05, 3.63) is 35.4 Å². The Bertz CT molecular complexity index is 427. The standard InChI is InChI=1S/C19H32N2O/c1-3-20(14-15-22)16-18-8-11-21(12-9-18)13-10-19-7-5-4-6-17(19)2/h4-7,18,22H,3,8-16H2,1-2H3. The summed E-state index contributed by atoms with van der Waals surface area (Å²) in [5.74, 6) is 0.807. The predicted molar refractivity (Wildman–Crippen MR) is 93.2 cm³/mol. The van der Waals surface area contributed by atoms with Crippen LogP contribution >= 0.6 is 0 Å². The zero-order chi connectivity index (χ0) is 15.8. The molecule has 0 amide bonds. The van der Waals surface area contributed by atoms with Gasteiger partial charge in [-0.25, -0.2) is 0 Å². The molecule has 0 saturated carbocycles. The first-order chi connectivity index (χ1) is 10.7. The lowest BCUT2D eigenvalue weighted by atomic mass is 9.95. The van der Waals surface area contributed by atoms with E-state index in [9.17, 15) is 0 Å². The molecule has 1 fully saturated rings. The molecule has 0 atom stereocenters. The van der Waals surface area contributed by atoms with E-state index < -0.39 is 0 Å². The van der Waals surface area contributed by atoms with Gasteiger partial charge in [-0.2, -0.15) is 0 Å². The molecule has 1 N–H and O–H groups in total. The monoisotopic (exact) mass is 304 g/mol. The zero-order valence-electron chi connectivity index (χ0n) is 14.3. The minimum Gasteiger partial charge on any atom is -0.395 e. The summed E-state index contributed by atoms with van der Waals surface area (Å²) >= 11 is 0. The Morgan fingerprint density at radius 1 is 1.23 bits per heavy atom. The van der Waals surface area contributed by atoms with Crippen molar-refractivity contribution in [3.63, 3.8) is 0 Å². The van der Waals surface area contributed by atoms with Crippen LogP contribution in [0.1, 0.15) is 30.9 Å². The first-order valence-electron chi connectivity index (χ1n) is 8.83. The maximum absolute atomic E-state index is 9.09. The number of piperidine rings is 1. The van der Waals surface area contributed by atoms with Crippen LogP contribution in [0.2, 0.25) is 0 Å². The van der Waals surface area contributed by atoms with Gasteiger partial charge in [0, 0.05) is 19.6 Å². The quantitative estimate of drug-likeness (QED) is 0.799. The van der Waals surface area contributed by atoms with Crippen LogP contribution in [0.25, 0.3) is 0 Å². The number of aliphatic hydroxyl groups is 1. The van der Waals surface area contributed by atoms with Gasteiger partial charge in [-0.15, -0.1) is 0 Å². The van der Waals surface area contributed by atoms with Crippen molar-refractivity contribution in [2.45, 2.75) is 33.1 Å². The first-order valence-corrected chi connectivity index (χ1v) is 8.83. The van der Waals surface area contributed by atoms with Crippen LogP contribution in [-0.4, -0.2) is 60.8 Å². The number of nitrogens with zero attached hydrogens (tertiary/aromatic N) is 2. The number of rotatable bonds is 8. The van der Waals surface area contributed by atoms with Gasteiger partial charge in [-0.05, 0) is 62.9 Å². The average Bonchev–Trinajstić information content (AvgIpc) is 2.55. The fourth-order valence-electron chi connectivity index (χ4n) is 3.45. The van der Waals surface area contributed by atoms with Crippen LogP contribution in [0.3, 0.4) is 0 Å². The number of hydrogen-bond acceptors (Lipinski definition) is 3. The molecule has 0 radical (unpaired) electrons. The summed E-state index contributed by atoms with van der Waals surface area (Å²) in [5.41, 5.74) is 2.91. The molecule has 1 aromatic carbocycles. The molecule has 1 aliphatic rings. The maximum atomic E-state index is 9.09. The molecule has 1 saturated heterocycles. The third kappa shape index (κ3) is 5.38. The molecular formula is C19H32N2O. The Labute approximate surface area is 135 Å². The van der Waals surface area contributed by atoms with Crippen LogP contribution in [0.4, 0.5) is 0 Å². The van der Waals surface area contributed by atoms with E-state index in [4.69, 9.17) is 5.11 Å². The highest BCUT2D eigenvalue weighted by atomic mass is 16.3. The minimum absolute atomic E-state index is 0.281. The second kappa shape index (κ2) is 9.29. The van der Waals surface area contributed by atoms with E-state index in [1.54, 1.807) is 0 Å². The van der Waals surface area contributed by atoms with Crippen molar-refractivity contribution < 1.29 is 5.11 Å². The number of aliphatic hydroxyl groups excluding tert-OH is 1. The van der Waals surface area contributed by atoms with Gasteiger partial charge in [0.2, 0.25) is 0 Å². The maximum Gasteiger partial charge on any atom is 0.0558 e. The molecule has 1 heterocycles. The van der Waals surface area contributed by atoms with E-state index in [2.05, 4.69) is 47.9 Å². The van der Waals surface area contributed by atoms with Crippen LogP contribution in [-0.2, 0) is 6.42 Å².